The third-order valence-electron chi connectivity index (χ3n) is 6.44. The van der Waals surface area contributed by atoms with Crippen molar-refractivity contribution >= 4 is 5.91 Å². The molecular weight excluding hydrogens is 342 g/mol. The average Bonchev–Trinajstić information content (AvgIpc) is 3.06. The Balaban J connectivity index is 1.25. The summed E-state index contributed by atoms with van der Waals surface area (Å²) in [6.07, 6.45) is 7.88. The minimum atomic E-state index is -0.752. The van der Waals surface area contributed by atoms with E-state index in [1.165, 1.54) is 19.3 Å². The van der Waals surface area contributed by atoms with Gasteiger partial charge < -0.3 is 19.9 Å². The van der Waals surface area contributed by atoms with Crippen molar-refractivity contribution in [1.82, 2.24) is 5.32 Å². The van der Waals surface area contributed by atoms with Crippen LogP contribution in [0.5, 0.6) is 11.5 Å². The fourth-order valence-electron chi connectivity index (χ4n) is 4.58. The van der Waals surface area contributed by atoms with Gasteiger partial charge in [-0.05, 0) is 61.1 Å². The van der Waals surface area contributed by atoms with E-state index >= 15 is 0 Å². The number of benzene rings is 1. The zero-order valence-electron chi connectivity index (χ0n) is 16.0. The van der Waals surface area contributed by atoms with Gasteiger partial charge in [0.2, 0.25) is 5.91 Å². The summed E-state index contributed by atoms with van der Waals surface area (Å²) >= 11 is 0. The van der Waals surface area contributed by atoms with Crippen LogP contribution in [0.4, 0.5) is 0 Å². The zero-order chi connectivity index (χ0) is 18.9. The van der Waals surface area contributed by atoms with Crippen LogP contribution in [0, 0.1) is 11.3 Å². The molecule has 3 atom stereocenters. The van der Waals surface area contributed by atoms with E-state index in [2.05, 4.69) is 18.3 Å². The second kappa shape index (κ2) is 7.55. The molecule has 1 fully saturated rings. The van der Waals surface area contributed by atoms with Gasteiger partial charge in [0.15, 0.2) is 11.5 Å². The van der Waals surface area contributed by atoms with E-state index in [4.69, 9.17) is 9.47 Å². The lowest BCUT2D eigenvalue weighted by atomic mass is 9.70. The summed E-state index contributed by atoms with van der Waals surface area (Å²) in [6.45, 7) is 3.59. The molecule has 2 bridgehead atoms. The molecule has 0 radical (unpaired) electrons. The van der Waals surface area contributed by atoms with Crippen LogP contribution in [0.15, 0.2) is 29.8 Å². The maximum atomic E-state index is 12.3. The molecule has 1 saturated carbocycles. The summed E-state index contributed by atoms with van der Waals surface area (Å²) in [6, 6.07) is 5.42. The predicted molar refractivity (Wildman–Crippen MR) is 103 cm³/mol. The van der Waals surface area contributed by atoms with Gasteiger partial charge in [0.25, 0.3) is 0 Å². The molecule has 0 saturated heterocycles. The Morgan fingerprint density at radius 1 is 1.33 bits per heavy atom. The van der Waals surface area contributed by atoms with Crippen LogP contribution in [0.25, 0.3) is 0 Å². The van der Waals surface area contributed by atoms with Gasteiger partial charge in [-0.2, -0.15) is 0 Å². The number of aliphatic hydroxyl groups is 1. The Bertz CT molecular complexity index is 744. The van der Waals surface area contributed by atoms with Crippen LogP contribution in [0.3, 0.4) is 0 Å². The van der Waals surface area contributed by atoms with E-state index in [1.54, 1.807) is 11.6 Å². The molecule has 3 aliphatic rings. The highest BCUT2D eigenvalue weighted by Crippen LogP contribution is 2.52. The Kier molecular flexibility index (Phi) is 5.13. The number of fused-ring (bicyclic) bond motifs is 3. The molecular formula is C22H29NO4. The molecule has 1 aromatic carbocycles. The molecule has 2 aliphatic carbocycles. The number of ether oxygens (including phenoxy) is 2. The molecule has 2 N–H and O–H groups in total. The molecule has 5 nitrogen and oxygen atoms in total. The van der Waals surface area contributed by atoms with Gasteiger partial charge in [0, 0.05) is 13.0 Å². The monoisotopic (exact) mass is 371 g/mol. The highest BCUT2D eigenvalue weighted by molar-refractivity contribution is 5.76. The van der Waals surface area contributed by atoms with Crippen LogP contribution in [-0.4, -0.2) is 30.8 Å². The quantitative estimate of drug-likeness (QED) is 0.751. The minimum Gasteiger partial charge on any atom is -0.486 e. The Labute approximate surface area is 160 Å². The van der Waals surface area contributed by atoms with Gasteiger partial charge in [-0.3, -0.25) is 4.79 Å². The van der Waals surface area contributed by atoms with E-state index in [0.717, 1.165) is 24.3 Å². The van der Waals surface area contributed by atoms with Crippen molar-refractivity contribution in [3.8, 4) is 11.5 Å². The van der Waals surface area contributed by atoms with Crippen molar-refractivity contribution < 1.29 is 19.4 Å². The maximum absolute atomic E-state index is 12.3. The largest absolute Gasteiger partial charge is 0.486 e. The van der Waals surface area contributed by atoms with Crippen molar-refractivity contribution in [1.29, 1.82) is 0 Å². The fraction of sp³-hybridized carbons (Fsp3) is 0.591. The zero-order valence-corrected chi connectivity index (χ0v) is 16.0. The molecule has 1 aliphatic heterocycles. The molecule has 27 heavy (non-hydrogen) atoms. The molecule has 0 aromatic heterocycles. The first-order valence-corrected chi connectivity index (χ1v) is 10.1. The molecule has 5 heteroatoms. The van der Waals surface area contributed by atoms with Crippen molar-refractivity contribution in [2.24, 2.45) is 11.3 Å². The number of hydrogen-bond acceptors (Lipinski definition) is 4. The van der Waals surface area contributed by atoms with Crippen LogP contribution < -0.4 is 14.8 Å². The third-order valence-corrected chi connectivity index (χ3v) is 6.44. The number of carbonyl (C=O) groups is 1. The average molecular weight is 371 g/mol. The molecule has 0 spiro atoms. The van der Waals surface area contributed by atoms with Crippen LogP contribution >= 0.6 is 0 Å². The van der Waals surface area contributed by atoms with Gasteiger partial charge >= 0.3 is 0 Å². The van der Waals surface area contributed by atoms with E-state index in [9.17, 15) is 9.90 Å². The van der Waals surface area contributed by atoms with Crippen LogP contribution in [0.1, 0.15) is 57.1 Å². The van der Waals surface area contributed by atoms with Gasteiger partial charge in [0.05, 0.1) is 6.10 Å². The SMILES string of the molecule is CC1CCC2(CCC(=O)NCC(O)c3ccc4c(c3)OCCO4)CC=C1C2. The van der Waals surface area contributed by atoms with Crippen molar-refractivity contribution in [2.45, 2.75) is 51.6 Å². The fourth-order valence-corrected chi connectivity index (χ4v) is 4.58. The van der Waals surface area contributed by atoms with E-state index in [-0.39, 0.29) is 12.5 Å². The summed E-state index contributed by atoms with van der Waals surface area (Å²) in [5, 5.41) is 13.3. The Morgan fingerprint density at radius 2 is 2.15 bits per heavy atom. The first kappa shape index (κ1) is 18.4. The molecule has 146 valence electrons. The number of amides is 1. The number of nitrogens with one attached hydrogen (secondary N) is 1. The molecule has 4 rings (SSSR count). The molecule has 1 aromatic rings. The Morgan fingerprint density at radius 3 is 3.00 bits per heavy atom. The first-order chi connectivity index (χ1) is 13.0. The van der Waals surface area contributed by atoms with Crippen molar-refractivity contribution in [3.05, 3.63) is 35.4 Å². The second-order valence-electron chi connectivity index (χ2n) is 8.32. The van der Waals surface area contributed by atoms with Crippen molar-refractivity contribution in [2.75, 3.05) is 19.8 Å². The topological polar surface area (TPSA) is 67.8 Å². The van der Waals surface area contributed by atoms with E-state index in [1.807, 2.05) is 12.1 Å². The predicted octanol–water partition coefficient (Wildman–Crippen LogP) is 3.52. The molecule has 1 heterocycles. The van der Waals surface area contributed by atoms with Crippen LogP contribution in [0.2, 0.25) is 0 Å². The van der Waals surface area contributed by atoms with Crippen LogP contribution in [-0.2, 0) is 4.79 Å². The van der Waals surface area contributed by atoms with Gasteiger partial charge in [0.1, 0.15) is 13.2 Å². The summed E-state index contributed by atoms with van der Waals surface area (Å²) in [5.74, 6) is 2.09. The first-order valence-electron chi connectivity index (χ1n) is 10.1. The normalized spacial score (nSPS) is 27.0. The lowest BCUT2D eigenvalue weighted by Crippen LogP contribution is -2.31. The lowest BCUT2D eigenvalue weighted by Gasteiger charge is -2.35. The smallest absolute Gasteiger partial charge is 0.220 e. The highest BCUT2D eigenvalue weighted by atomic mass is 16.6. The van der Waals surface area contributed by atoms with E-state index in [0.29, 0.717) is 36.5 Å². The highest BCUT2D eigenvalue weighted by Gasteiger charge is 2.39. The summed E-state index contributed by atoms with van der Waals surface area (Å²) < 4.78 is 11.0. The number of rotatable bonds is 6. The van der Waals surface area contributed by atoms with Gasteiger partial charge in [-0.1, -0.05) is 24.6 Å². The third kappa shape index (κ3) is 3.98. The number of aliphatic hydroxyl groups excluding tert-OH is 1. The number of carbonyl (C=O) groups excluding carboxylic acids is 1. The maximum Gasteiger partial charge on any atom is 0.220 e. The minimum absolute atomic E-state index is 0.0213. The van der Waals surface area contributed by atoms with E-state index < -0.39 is 6.10 Å². The number of allylic oxidation sites excluding steroid dienone is 2. The molecule has 3 unspecified atom stereocenters. The lowest BCUT2D eigenvalue weighted by molar-refractivity contribution is -0.122. The van der Waals surface area contributed by atoms with Gasteiger partial charge in [-0.15, -0.1) is 0 Å². The second-order valence-corrected chi connectivity index (χ2v) is 8.32. The Hall–Kier alpha value is -2.01. The summed E-state index contributed by atoms with van der Waals surface area (Å²) in [7, 11) is 0. The van der Waals surface area contributed by atoms with Crippen molar-refractivity contribution in [3.63, 3.8) is 0 Å². The molecule has 1 amide bonds. The summed E-state index contributed by atoms with van der Waals surface area (Å²) in [4.78, 5) is 12.3. The van der Waals surface area contributed by atoms with Gasteiger partial charge in [-0.25, -0.2) is 0 Å². The standard InChI is InChI=1S/C22H29NO4/c1-15-4-7-22(8-5-17(15)13-22)9-6-21(25)23-14-18(24)16-2-3-19-20(12-16)27-11-10-26-19/h2-3,5,12,15,18,24H,4,6-11,13-14H2,1H3,(H,23,25). The summed E-state index contributed by atoms with van der Waals surface area (Å²) in [5.41, 5.74) is 2.63. The number of hydrogen-bond donors (Lipinski definition) is 2.